The number of nitrogens with zero attached hydrogens (tertiary/aromatic N) is 3. The van der Waals surface area contributed by atoms with Crippen molar-refractivity contribution < 1.29 is 27.4 Å². The monoisotopic (exact) mass is 470 g/mol. The summed E-state index contributed by atoms with van der Waals surface area (Å²) < 4.78 is 53.7. The first kappa shape index (κ1) is 20.9. The van der Waals surface area contributed by atoms with E-state index in [0.29, 0.717) is 36.6 Å². The Kier molecular flexibility index (Phi) is 4.72. The highest BCUT2D eigenvalue weighted by molar-refractivity contribution is 5.93. The molecule has 3 aliphatic rings. The smallest absolute Gasteiger partial charge is 0.410 e. The molecule has 34 heavy (non-hydrogen) atoms. The van der Waals surface area contributed by atoms with Crippen molar-refractivity contribution in [2.24, 2.45) is 0 Å². The number of rotatable bonds is 2. The largest absolute Gasteiger partial charge is 0.454 e. The number of nitrogens with one attached hydrogen (secondary N) is 1. The molecular weight excluding hydrogens is 449 g/mol. The lowest BCUT2D eigenvalue weighted by Crippen LogP contribution is -2.37. The second-order valence-corrected chi connectivity index (χ2v) is 8.71. The number of hydrogen-bond acceptors (Lipinski definition) is 5. The van der Waals surface area contributed by atoms with Gasteiger partial charge in [-0.05, 0) is 35.2 Å². The molecule has 10 heteroatoms. The topological polar surface area (TPSA) is 68.6 Å². The standard InChI is InChI=1S/C24H21F3N4O3/c25-24(26,27)21-10-17(15-5-6-19-20(9-15)34-13-33-19)28-22-11-18(29-31(21)22)23(32)30-8-7-14-3-1-2-4-16(14)12-30/h1-6,9,11,17,21,28H,7-8,10,12-13H2/t17-,21+/m1/s1. The van der Waals surface area contributed by atoms with Gasteiger partial charge in [0.05, 0.1) is 6.04 Å². The quantitative estimate of drug-likeness (QED) is 0.599. The molecule has 0 spiro atoms. The van der Waals surface area contributed by atoms with Crippen LogP contribution in [0.1, 0.15) is 45.7 Å². The first-order valence-corrected chi connectivity index (χ1v) is 11.1. The third-order valence-electron chi connectivity index (χ3n) is 6.63. The molecule has 0 saturated heterocycles. The molecule has 0 saturated carbocycles. The lowest BCUT2D eigenvalue weighted by Gasteiger charge is -2.33. The first-order valence-electron chi connectivity index (χ1n) is 11.1. The van der Waals surface area contributed by atoms with E-state index in [1.54, 1.807) is 23.1 Å². The summed E-state index contributed by atoms with van der Waals surface area (Å²) in [6.07, 6.45) is -4.09. The first-order chi connectivity index (χ1) is 16.4. The minimum atomic E-state index is -4.53. The van der Waals surface area contributed by atoms with Crippen LogP contribution in [-0.2, 0) is 13.0 Å². The van der Waals surface area contributed by atoms with Crippen molar-refractivity contribution in [1.29, 1.82) is 0 Å². The molecule has 0 aliphatic carbocycles. The fourth-order valence-corrected chi connectivity index (χ4v) is 4.86. The van der Waals surface area contributed by atoms with Gasteiger partial charge in [0, 0.05) is 25.6 Å². The molecule has 0 bridgehead atoms. The highest BCUT2D eigenvalue weighted by Gasteiger charge is 2.47. The summed E-state index contributed by atoms with van der Waals surface area (Å²) >= 11 is 0. The molecule has 2 aromatic carbocycles. The summed E-state index contributed by atoms with van der Waals surface area (Å²) in [5, 5.41) is 7.25. The number of alkyl halides is 3. The van der Waals surface area contributed by atoms with Gasteiger partial charge in [0.1, 0.15) is 5.82 Å². The van der Waals surface area contributed by atoms with E-state index in [0.717, 1.165) is 10.2 Å². The normalized spacial score (nSPS) is 21.0. The number of anilines is 1. The van der Waals surface area contributed by atoms with Crippen LogP contribution < -0.4 is 14.8 Å². The van der Waals surface area contributed by atoms with Crippen molar-refractivity contribution in [3.63, 3.8) is 0 Å². The Morgan fingerprint density at radius 2 is 1.85 bits per heavy atom. The summed E-state index contributed by atoms with van der Waals surface area (Å²) in [5.41, 5.74) is 2.87. The predicted octanol–water partition coefficient (Wildman–Crippen LogP) is 4.47. The maximum absolute atomic E-state index is 14.0. The molecule has 176 valence electrons. The number of carbonyl (C=O) groups excluding carboxylic acids is 1. The van der Waals surface area contributed by atoms with E-state index in [1.165, 1.54) is 11.6 Å². The minimum absolute atomic E-state index is 0.00229. The second-order valence-electron chi connectivity index (χ2n) is 8.71. The Labute approximate surface area is 193 Å². The third-order valence-corrected chi connectivity index (χ3v) is 6.63. The lowest BCUT2D eigenvalue weighted by atomic mass is 9.96. The van der Waals surface area contributed by atoms with Crippen LogP contribution in [0.5, 0.6) is 11.5 Å². The number of benzene rings is 2. The average Bonchev–Trinajstić information content (AvgIpc) is 3.48. The van der Waals surface area contributed by atoms with E-state index >= 15 is 0 Å². The summed E-state index contributed by atoms with van der Waals surface area (Å²) in [6, 6.07) is 11.9. The number of fused-ring (bicyclic) bond motifs is 3. The van der Waals surface area contributed by atoms with Crippen LogP contribution in [0.15, 0.2) is 48.5 Å². The van der Waals surface area contributed by atoms with Crippen LogP contribution in [-0.4, -0.2) is 40.1 Å². The highest BCUT2D eigenvalue weighted by atomic mass is 19.4. The van der Waals surface area contributed by atoms with Gasteiger partial charge in [-0.15, -0.1) is 0 Å². The van der Waals surface area contributed by atoms with Gasteiger partial charge in [0.25, 0.3) is 5.91 Å². The van der Waals surface area contributed by atoms with Crippen LogP contribution in [0.4, 0.5) is 19.0 Å². The van der Waals surface area contributed by atoms with Crippen LogP contribution in [0.2, 0.25) is 0 Å². The van der Waals surface area contributed by atoms with E-state index in [-0.39, 0.29) is 30.6 Å². The van der Waals surface area contributed by atoms with Gasteiger partial charge in [-0.2, -0.15) is 18.3 Å². The van der Waals surface area contributed by atoms with Gasteiger partial charge >= 0.3 is 6.18 Å². The van der Waals surface area contributed by atoms with Crippen LogP contribution in [0.25, 0.3) is 0 Å². The van der Waals surface area contributed by atoms with Gasteiger partial charge in [0.15, 0.2) is 23.2 Å². The molecule has 6 rings (SSSR count). The van der Waals surface area contributed by atoms with Gasteiger partial charge in [-0.1, -0.05) is 30.3 Å². The molecule has 0 unspecified atom stereocenters. The summed E-state index contributed by atoms with van der Waals surface area (Å²) in [6.45, 7) is 0.989. The Morgan fingerprint density at radius 1 is 1.06 bits per heavy atom. The highest BCUT2D eigenvalue weighted by Crippen LogP contribution is 2.45. The zero-order valence-corrected chi connectivity index (χ0v) is 18.0. The van der Waals surface area contributed by atoms with E-state index in [9.17, 15) is 18.0 Å². The van der Waals surface area contributed by atoms with Crippen molar-refractivity contribution in [1.82, 2.24) is 14.7 Å². The number of carbonyl (C=O) groups is 1. The molecule has 2 atom stereocenters. The zero-order chi connectivity index (χ0) is 23.4. The maximum Gasteiger partial charge on any atom is 0.410 e. The van der Waals surface area contributed by atoms with Gasteiger partial charge in [-0.3, -0.25) is 4.79 Å². The minimum Gasteiger partial charge on any atom is -0.454 e. The molecular formula is C24H21F3N4O3. The van der Waals surface area contributed by atoms with Crippen LogP contribution in [0, 0.1) is 0 Å². The van der Waals surface area contributed by atoms with Crippen LogP contribution >= 0.6 is 0 Å². The average molecular weight is 470 g/mol. The Bertz CT molecular complexity index is 1270. The number of hydrogen-bond donors (Lipinski definition) is 1. The fraction of sp³-hybridized carbons (Fsp3) is 0.333. The molecule has 3 aliphatic heterocycles. The molecule has 4 heterocycles. The number of ether oxygens (including phenoxy) is 2. The lowest BCUT2D eigenvalue weighted by molar-refractivity contribution is -0.173. The summed E-state index contributed by atoms with van der Waals surface area (Å²) in [5.74, 6) is 0.854. The number of halogens is 3. The molecule has 1 aromatic heterocycles. The zero-order valence-electron chi connectivity index (χ0n) is 18.0. The van der Waals surface area contributed by atoms with Gasteiger partial charge in [0.2, 0.25) is 6.79 Å². The second kappa shape index (κ2) is 7.68. The molecule has 1 N–H and O–H groups in total. The molecule has 3 aromatic rings. The maximum atomic E-state index is 14.0. The fourth-order valence-electron chi connectivity index (χ4n) is 4.86. The van der Waals surface area contributed by atoms with E-state index < -0.39 is 18.3 Å². The SMILES string of the molecule is O=C(c1cc2n(n1)[C@H](C(F)(F)F)C[C@H](c1ccc3c(c1)OCO3)N2)N1CCc2ccccc2C1. The predicted molar refractivity (Wildman–Crippen MR) is 116 cm³/mol. The third kappa shape index (κ3) is 3.53. The van der Waals surface area contributed by atoms with E-state index in [2.05, 4.69) is 10.4 Å². The number of amides is 1. The summed E-state index contributed by atoms with van der Waals surface area (Å²) in [7, 11) is 0. The van der Waals surface area contributed by atoms with Crippen molar-refractivity contribution >= 4 is 11.7 Å². The molecule has 7 nitrogen and oxygen atoms in total. The molecule has 1 amide bonds. The molecule has 0 radical (unpaired) electrons. The molecule has 0 fully saturated rings. The summed E-state index contributed by atoms with van der Waals surface area (Å²) in [4.78, 5) is 14.8. The van der Waals surface area contributed by atoms with E-state index in [4.69, 9.17) is 9.47 Å². The van der Waals surface area contributed by atoms with Crippen molar-refractivity contribution in [2.75, 3.05) is 18.7 Å². The van der Waals surface area contributed by atoms with Gasteiger partial charge < -0.3 is 19.7 Å². The van der Waals surface area contributed by atoms with Crippen molar-refractivity contribution in [3.05, 3.63) is 70.9 Å². The van der Waals surface area contributed by atoms with Crippen molar-refractivity contribution in [3.8, 4) is 11.5 Å². The van der Waals surface area contributed by atoms with Crippen LogP contribution in [0.3, 0.4) is 0 Å². The number of aromatic nitrogens is 2. The Morgan fingerprint density at radius 3 is 2.68 bits per heavy atom. The van der Waals surface area contributed by atoms with Gasteiger partial charge in [-0.25, -0.2) is 4.68 Å². The van der Waals surface area contributed by atoms with Crippen molar-refractivity contribution in [2.45, 2.75) is 37.6 Å². The Balaban J connectivity index is 1.30. The van der Waals surface area contributed by atoms with E-state index in [1.807, 2.05) is 24.3 Å². The Hall–Kier alpha value is -3.69.